The average molecular weight is 310 g/mol. The minimum Gasteiger partial charge on any atom is -0.355 e. The summed E-state index contributed by atoms with van der Waals surface area (Å²) in [6.07, 6.45) is 1.68. The Kier molecular flexibility index (Phi) is 4.55. The van der Waals surface area contributed by atoms with Gasteiger partial charge in [0.15, 0.2) is 5.82 Å². The molecule has 120 valence electrons. The summed E-state index contributed by atoms with van der Waals surface area (Å²) in [5, 5.41) is 11.4. The molecule has 2 heterocycles. The van der Waals surface area contributed by atoms with E-state index >= 15 is 0 Å². The summed E-state index contributed by atoms with van der Waals surface area (Å²) in [6.45, 7) is 5.63. The molecule has 1 aromatic heterocycles. The van der Waals surface area contributed by atoms with Crippen LogP contribution < -0.4 is 10.2 Å². The molecule has 0 aliphatic carbocycles. The molecule has 1 aliphatic heterocycles. The van der Waals surface area contributed by atoms with Crippen molar-refractivity contribution in [1.82, 2.24) is 10.2 Å². The number of nitrogens with one attached hydrogen (secondary N) is 1. The highest BCUT2D eigenvalue weighted by Gasteiger charge is 2.25. The van der Waals surface area contributed by atoms with Crippen molar-refractivity contribution in [3.63, 3.8) is 0 Å². The molecular formula is C18H22N4O. The second-order valence-electron chi connectivity index (χ2n) is 6.15. The number of amides is 1. The normalized spacial score (nSPS) is 15.5. The molecule has 1 fully saturated rings. The van der Waals surface area contributed by atoms with Crippen LogP contribution in [0.3, 0.4) is 0 Å². The SMILES string of the molecule is Cc1cccc(NC(=O)C2CCN(c3ccc(C)nn3)CC2)c1. The van der Waals surface area contributed by atoms with Gasteiger partial charge in [-0.15, -0.1) is 5.10 Å². The Bertz CT molecular complexity index is 676. The Balaban J connectivity index is 1.56. The minimum absolute atomic E-state index is 0.0603. The van der Waals surface area contributed by atoms with E-state index in [1.165, 1.54) is 0 Å². The van der Waals surface area contributed by atoms with Crippen LogP contribution in [0.1, 0.15) is 24.1 Å². The average Bonchev–Trinajstić information content (AvgIpc) is 2.56. The topological polar surface area (TPSA) is 58.1 Å². The summed E-state index contributed by atoms with van der Waals surface area (Å²) in [5.74, 6) is 1.07. The van der Waals surface area contributed by atoms with Gasteiger partial charge in [0.2, 0.25) is 5.91 Å². The fourth-order valence-corrected chi connectivity index (χ4v) is 2.90. The maximum atomic E-state index is 12.4. The smallest absolute Gasteiger partial charge is 0.227 e. The Morgan fingerprint density at radius 3 is 2.57 bits per heavy atom. The maximum Gasteiger partial charge on any atom is 0.227 e. The lowest BCUT2D eigenvalue weighted by Crippen LogP contribution is -2.38. The molecule has 5 heteroatoms. The third kappa shape index (κ3) is 3.86. The van der Waals surface area contributed by atoms with E-state index in [0.29, 0.717) is 0 Å². The number of hydrogen-bond donors (Lipinski definition) is 1. The molecule has 1 N–H and O–H groups in total. The quantitative estimate of drug-likeness (QED) is 0.947. The van der Waals surface area contributed by atoms with Gasteiger partial charge in [0.05, 0.1) is 5.69 Å². The second kappa shape index (κ2) is 6.77. The van der Waals surface area contributed by atoms with Crippen LogP contribution in [0.4, 0.5) is 11.5 Å². The summed E-state index contributed by atoms with van der Waals surface area (Å²) in [5.41, 5.74) is 2.94. The zero-order chi connectivity index (χ0) is 16.2. The maximum absolute atomic E-state index is 12.4. The molecule has 0 unspecified atom stereocenters. The highest BCUT2D eigenvalue weighted by atomic mass is 16.1. The predicted molar refractivity (Wildman–Crippen MR) is 91.5 cm³/mol. The van der Waals surface area contributed by atoms with Crippen molar-refractivity contribution < 1.29 is 4.79 Å². The summed E-state index contributed by atoms with van der Waals surface area (Å²) in [6, 6.07) is 11.9. The minimum atomic E-state index is 0.0603. The van der Waals surface area contributed by atoms with Crippen molar-refractivity contribution in [1.29, 1.82) is 0 Å². The number of anilines is 2. The molecule has 0 spiro atoms. The lowest BCUT2D eigenvalue weighted by atomic mass is 9.95. The van der Waals surface area contributed by atoms with Gasteiger partial charge in [0.25, 0.3) is 0 Å². The molecule has 5 nitrogen and oxygen atoms in total. The van der Waals surface area contributed by atoms with Crippen LogP contribution in [0.2, 0.25) is 0 Å². The van der Waals surface area contributed by atoms with E-state index in [2.05, 4.69) is 20.4 Å². The molecule has 0 atom stereocenters. The van der Waals surface area contributed by atoms with Gasteiger partial charge in [-0.25, -0.2) is 0 Å². The lowest BCUT2D eigenvalue weighted by Gasteiger charge is -2.31. The number of aromatic nitrogens is 2. The van der Waals surface area contributed by atoms with Crippen LogP contribution in [0.25, 0.3) is 0 Å². The van der Waals surface area contributed by atoms with Crippen molar-refractivity contribution in [3.05, 3.63) is 47.7 Å². The van der Waals surface area contributed by atoms with E-state index in [9.17, 15) is 4.79 Å². The van der Waals surface area contributed by atoms with Crippen LogP contribution in [0.5, 0.6) is 0 Å². The Labute approximate surface area is 136 Å². The molecule has 0 radical (unpaired) electrons. The fraction of sp³-hybridized carbons (Fsp3) is 0.389. The fourth-order valence-electron chi connectivity index (χ4n) is 2.90. The number of benzene rings is 1. The van der Waals surface area contributed by atoms with E-state index in [1.807, 2.05) is 50.2 Å². The van der Waals surface area contributed by atoms with Gasteiger partial charge < -0.3 is 10.2 Å². The number of hydrogen-bond acceptors (Lipinski definition) is 4. The molecule has 0 saturated carbocycles. The van der Waals surface area contributed by atoms with Gasteiger partial charge in [-0.2, -0.15) is 5.10 Å². The third-order valence-corrected chi connectivity index (χ3v) is 4.26. The molecule has 1 amide bonds. The first kappa shape index (κ1) is 15.5. The van der Waals surface area contributed by atoms with E-state index in [0.717, 1.165) is 48.7 Å². The molecule has 0 bridgehead atoms. The largest absolute Gasteiger partial charge is 0.355 e. The molecule has 1 aromatic carbocycles. The zero-order valence-electron chi connectivity index (χ0n) is 13.6. The van der Waals surface area contributed by atoms with Crippen molar-refractivity contribution in [2.75, 3.05) is 23.3 Å². The number of nitrogens with zero attached hydrogens (tertiary/aromatic N) is 3. The van der Waals surface area contributed by atoms with E-state index < -0.39 is 0 Å². The summed E-state index contributed by atoms with van der Waals surface area (Å²) >= 11 is 0. The van der Waals surface area contributed by atoms with Crippen molar-refractivity contribution in [3.8, 4) is 0 Å². The molecule has 3 rings (SSSR count). The molecular weight excluding hydrogens is 288 g/mol. The highest BCUT2D eigenvalue weighted by molar-refractivity contribution is 5.92. The molecule has 23 heavy (non-hydrogen) atoms. The summed E-state index contributed by atoms with van der Waals surface area (Å²) < 4.78 is 0. The van der Waals surface area contributed by atoms with Gasteiger partial charge in [0, 0.05) is 24.7 Å². The Hall–Kier alpha value is -2.43. The van der Waals surface area contributed by atoms with Crippen LogP contribution in [0, 0.1) is 19.8 Å². The van der Waals surface area contributed by atoms with Gasteiger partial charge in [-0.1, -0.05) is 12.1 Å². The van der Waals surface area contributed by atoms with Crippen LogP contribution >= 0.6 is 0 Å². The van der Waals surface area contributed by atoms with Gasteiger partial charge in [-0.3, -0.25) is 4.79 Å². The van der Waals surface area contributed by atoms with Crippen molar-refractivity contribution in [2.45, 2.75) is 26.7 Å². The van der Waals surface area contributed by atoms with Gasteiger partial charge in [-0.05, 0) is 56.5 Å². The van der Waals surface area contributed by atoms with E-state index in [4.69, 9.17) is 0 Å². The van der Waals surface area contributed by atoms with E-state index in [-0.39, 0.29) is 11.8 Å². The standard InChI is InChI=1S/C18H22N4O/c1-13-4-3-5-16(12-13)19-18(23)15-8-10-22(11-9-15)17-7-6-14(2)20-21-17/h3-7,12,15H,8-11H2,1-2H3,(H,19,23). The molecule has 1 aliphatic rings. The Morgan fingerprint density at radius 1 is 1.13 bits per heavy atom. The summed E-state index contributed by atoms with van der Waals surface area (Å²) in [7, 11) is 0. The van der Waals surface area contributed by atoms with Crippen molar-refractivity contribution in [2.24, 2.45) is 5.92 Å². The number of carbonyl (C=O) groups excluding carboxylic acids is 1. The number of piperidine rings is 1. The Morgan fingerprint density at radius 2 is 1.91 bits per heavy atom. The zero-order valence-corrected chi connectivity index (χ0v) is 13.6. The monoisotopic (exact) mass is 310 g/mol. The highest BCUT2D eigenvalue weighted by Crippen LogP contribution is 2.23. The van der Waals surface area contributed by atoms with Crippen molar-refractivity contribution >= 4 is 17.4 Å². The number of rotatable bonds is 3. The van der Waals surface area contributed by atoms with Crippen LogP contribution in [-0.4, -0.2) is 29.2 Å². The third-order valence-electron chi connectivity index (χ3n) is 4.26. The number of aryl methyl sites for hydroxylation is 2. The second-order valence-corrected chi connectivity index (χ2v) is 6.15. The predicted octanol–water partition coefficient (Wildman–Crippen LogP) is 2.95. The number of carbonyl (C=O) groups is 1. The summed E-state index contributed by atoms with van der Waals surface area (Å²) in [4.78, 5) is 14.6. The van der Waals surface area contributed by atoms with Crippen LogP contribution in [-0.2, 0) is 4.79 Å². The lowest BCUT2D eigenvalue weighted by molar-refractivity contribution is -0.120. The first-order chi connectivity index (χ1) is 11.1. The van der Waals surface area contributed by atoms with Crippen LogP contribution in [0.15, 0.2) is 36.4 Å². The van der Waals surface area contributed by atoms with E-state index in [1.54, 1.807) is 0 Å². The first-order valence-electron chi connectivity index (χ1n) is 8.04. The van der Waals surface area contributed by atoms with Gasteiger partial charge in [0.1, 0.15) is 0 Å². The molecule has 1 saturated heterocycles. The molecule has 2 aromatic rings. The van der Waals surface area contributed by atoms with Gasteiger partial charge >= 0.3 is 0 Å². The first-order valence-corrected chi connectivity index (χ1v) is 8.04.